The molecule has 2 aromatic carbocycles. The van der Waals surface area contributed by atoms with Gasteiger partial charge in [-0.3, -0.25) is 19.7 Å². The lowest BCUT2D eigenvalue weighted by Crippen LogP contribution is -2.28. The average Bonchev–Trinajstić information content (AvgIpc) is 3.63. The lowest BCUT2D eigenvalue weighted by Gasteiger charge is -2.10. The normalized spacial score (nSPS) is 11.3. The number of aryl methyl sites for hydroxylation is 2. The Labute approximate surface area is 280 Å². The Morgan fingerprint density at radius 1 is 0.979 bits per heavy atom. The number of anilines is 2. The van der Waals surface area contributed by atoms with Crippen molar-refractivity contribution in [2.45, 2.75) is 33.1 Å². The smallest absolute Gasteiger partial charge is 0.274 e. The summed E-state index contributed by atoms with van der Waals surface area (Å²) in [4.78, 5) is 46.7. The summed E-state index contributed by atoms with van der Waals surface area (Å²) in [5, 5.41) is 9.05. The zero-order chi connectivity index (χ0) is 33.9. The Morgan fingerprint density at radius 2 is 1.72 bits per heavy atom. The second-order valence-corrected chi connectivity index (χ2v) is 13.1. The third-order valence-electron chi connectivity index (χ3n) is 7.38. The summed E-state index contributed by atoms with van der Waals surface area (Å²) in [5.74, 6) is 0.339. The Kier molecular flexibility index (Phi) is 12.5. The molecule has 0 fully saturated rings. The minimum Gasteiger partial charge on any atom is -0.497 e. The number of thiazole rings is 1. The highest BCUT2D eigenvalue weighted by Crippen LogP contribution is 2.27. The van der Waals surface area contributed by atoms with Crippen molar-refractivity contribution in [1.82, 2.24) is 19.8 Å². The molecule has 11 heteroatoms. The van der Waals surface area contributed by atoms with Crippen LogP contribution in [-0.4, -0.2) is 66.5 Å². The van der Waals surface area contributed by atoms with Crippen LogP contribution < -0.4 is 20.7 Å². The highest BCUT2D eigenvalue weighted by atomic mass is 32.1. The van der Waals surface area contributed by atoms with Crippen molar-refractivity contribution in [2.75, 3.05) is 44.9 Å². The SMILES string of the molecule is COc1cccc(/C=C/c2ccc(C(=O)Nc3cc(C(=O)Nc4nc(C(=O)NCCCN(C)C)c(CCC(C)C)s4)n(C)c3)cc2)c1. The standard InChI is InChI=1S/C36H44N6O4S/c1-24(2)11-18-31-32(35(45)37-19-8-20-41(3)4)39-36(47-31)40-34(44)30-22-28(23-42(30)5)38-33(43)27-16-14-25(15-17-27)12-13-26-9-7-10-29(21-26)46-6/h7,9-10,12-17,21-24H,8,11,18-20H2,1-6H3,(H,37,45)(H,38,43)(H,39,40,44)/b13-12+. The molecule has 0 radical (unpaired) electrons. The molecule has 0 saturated heterocycles. The van der Waals surface area contributed by atoms with Gasteiger partial charge in [-0.05, 0) is 87.3 Å². The summed E-state index contributed by atoms with van der Waals surface area (Å²) in [7, 11) is 7.36. The summed E-state index contributed by atoms with van der Waals surface area (Å²) < 4.78 is 6.92. The fourth-order valence-electron chi connectivity index (χ4n) is 4.76. The molecule has 3 N–H and O–H groups in total. The Hall–Kier alpha value is -4.74. The second kappa shape index (κ2) is 16.7. The van der Waals surface area contributed by atoms with E-state index in [1.165, 1.54) is 11.3 Å². The number of benzene rings is 2. The average molecular weight is 657 g/mol. The van der Waals surface area contributed by atoms with Gasteiger partial charge in [-0.2, -0.15) is 0 Å². The topological polar surface area (TPSA) is 118 Å². The first-order valence-corrected chi connectivity index (χ1v) is 16.5. The lowest BCUT2D eigenvalue weighted by atomic mass is 10.1. The largest absolute Gasteiger partial charge is 0.497 e. The van der Waals surface area contributed by atoms with E-state index in [1.54, 1.807) is 43.1 Å². The molecule has 0 saturated carbocycles. The number of ether oxygens (including phenoxy) is 1. The molecule has 4 aromatic rings. The maximum atomic E-state index is 13.3. The van der Waals surface area contributed by atoms with Gasteiger partial charge in [0.05, 0.1) is 12.8 Å². The van der Waals surface area contributed by atoms with Crippen LogP contribution in [0.5, 0.6) is 5.75 Å². The van der Waals surface area contributed by atoms with Crippen LogP contribution in [0.2, 0.25) is 0 Å². The van der Waals surface area contributed by atoms with Crippen LogP contribution in [0.15, 0.2) is 60.8 Å². The summed E-state index contributed by atoms with van der Waals surface area (Å²) in [5.41, 5.74) is 3.63. The number of aromatic nitrogens is 2. The first kappa shape index (κ1) is 35.1. The van der Waals surface area contributed by atoms with Gasteiger partial charge in [0.25, 0.3) is 17.7 Å². The molecule has 0 atom stereocenters. The van der Waals surface area contributed by atoms with Crippen molar-refractivity contribution in [1.29, 1.82) is 0 Å². The zero-order valence-corrected chi connectivity index (χ0v) is 28.7. The maximum Gasteiger partial charge on any atom is 0.274 e. The van der Waals surface area contributed by atoms with Crippen molar-refractivity contribution in [3.8, 4) is 5.75 Å². The van der Waals surface area contributed by atoms with E-state index in [1.807, 2.05) is 62.6 Å². The van der Waals surface area contributed by atoms with Crippen LogP contribution in [0.4, 0.5) is 10.8 Å². The molecule has 0 bridgehead atoms. The third kappa shape index (κ3) is 10.4. The van der Waals surface area contributed by atoms with Crippen molar-refractivity contribution in [3.63, 3.8) is 0 Å². The predicted molar refractivity (Wildman–Crippen MR) is 190 cm³/mol. The molecular weight excluding hydrogens is 613 g/mol. The number of nitrogens with one attached hydrogen (secondary N) is 3. The minimum atomic E-state index is -0.387. The molecule has 0 aliphatic carbocycles. The number of rotatable bonds is 15. The molecule has 2 heterocycles. The molecule has 2 aromatic heterocycles. The van der Waals surface area contributed by atoms with Gasteiger partial charge < -0.3 is 24.8 Å². The van der Waals surface area contributed by atoms with Gasteiger partial charge in [-0.25, -0.2) is 4.98 Å². The van der Waals surface area contributed by atoms with E-state index in [2.05, 4.69) is 39.7 Å². The highest BCUT2D eigenvalue weighted by molar-refractivity contribution is 7.16. The minimum absolute atomic E-state index is 0.232. The van der Waals surface area contributed by atoms with E-state index in [4.69, 9.17) is 4.74 Å². The molecule has 47 heavy (non-hydrogen) atoms. The zero-order valence-electron chi connectivity index (χ0n) is 27.9. The number of hydrogen-bond acceptors (Lipinski definition) is 7. The molecular formula is C36H44N6O4S. The van der Waals surface area contributed by atoms with E-state index < -0.39 is 0 Å². The van der Waals surface area contributed by atoms with Crippen LogP contribution in [0, 0.1) is 5.92 Å². The van der Waals surface area contributed by atoms with Crippen LogP contribution in [-0.2, 0) is 13.5 Å². The number of nitrogens with zero attached hydrogens (tertiary/aromatic N) is 3. The van der Waals surface area contributed by atoms with E-state index in [0.29, 0.717) is 46.7 Å². The van der Waals surface area contributed by atoms with Gasteiger partial charge in [0.15, 0.2) is 5.13 Å². The molecule has 4 rings (SSSR count). The van der Waals surface area contributed by atoms with Gasteiger partial charge in [0, 0.05) is 30.2 Å². The van der Waals surface area contributed by atoms with Gasteiger partial charge in [0.2, 0.25) is 0 Å². The molecule has 10 nitrogen and oxygen atoms in total. The summed E-state index contributed by atoms with van der Waals surface area (Å²) in [6.07, 6.45) is 8.06. The van der Waals surface area contributed by atoms with E-state index in [9.17, 15) is 14.4 Å². The summed E-state index contributed by atoms with van der Waals surface area (Å²) >= 11 is 1.32. The van der Waals surface area contributed by atoms with Crippen molar-refractivity contribution in [2.24, 2.45) is 13.0 Å². The lowest BCUT2D eigenvalue weighted by molar-refractivity contribution is 0.0944. The van der Waals surface area contributed by atoms with Gasteiger partial charge in [-0.15, -0.1) is 11.3 Å². The number of methoxy groups -OCH3 is 1. The number of amides is 3. The highest BCUT2D eigenvalue weighted by Gasteiger charge is 2.21. The van der Waals surface area contributed by atoms with E-state index >= 15 is 0 Å². The molecule has 0 aliphatic heterocycles. The van der Waals surface area contributed by atoms with Gasteiger partial charge in [-0.1, -0.05) is 50.3 Å². The van der Waals surface area contributed by atoms with Crippen LogP contribution >= 0.6 is 11.3 Å². The fraction of sp³-hybridized carbons (Fsp3) is 0.333. The van der Waals surface area contributed by atoms with Crippen LogP contribution in [0.1, 0.15) is 74.0 Å². The van der Waals surface area contributed by atoms with Gasteiger partial charge >= 0.3 is 0 Å². The second-order valence-electron chi connectivity index (χ2n) is 12.0. The first-order valence-electron chi connectivity index (χ1n) is 15.7. The monoisotopic (exact) mass is 656 g/mol. The maximum absolute atomic E-state index is 13.3. The Bertz CT molecular complexity index is 1700. The Balaban J connectivity index is 1.39. The third-order valence-corrected chi connectivity index (χ3v) is 8.41. The predicted octanol–water partition coefficient (Wildman–Crippen LogP) is 6.44. The van der Waals surface area contributed by atoms with Crippen LogP contribution in [0.25, 0.3) is 12.2 Å². The van der Waals surface area contributed by atoms with E-state index in [0.717, 1.165) is 41.1 Å². The van der Waals surface area contributed by atoms with E-state index in [-0.39, 0.29) is 17.7 Å². The number of carbonyl (C=O) groups excluding carboxylic acids is 3. The van der Waals surface area contributed by atoms with Crippen molar-refractivity contribution < 1.29 is 19.1 Å². The molecule has 0 unspecified atom stereocenters. The number of carbonyl (C=O) groups is 3. The number of hydrogen-bond donors (Lipinski definition) is 3. The van der Waals surface area contributed by atoms with Crippen molar-refractivity contribution in [3.05, 3.63) is 93.7 Å². The quantitative estimate of drug-likeness (QED) is 0.100. The van der Waals surface area contributed by atoms with Gasteiger partial charge in [0.1, 0.15) is 17.1 Å². The molecule has 0 aliphatic rings. The summed E-state index contributed by atoms with van der Waals surface area (Å²) in [6.45, 7) is 5.68. The molecule has 0 spiro atoms. The fourth-order valence-corrected chi connectivity index (χ4v) is 5.73. The first-order chi connectivity index (χ1) is 22.5. The Morgan fingerprint density at radius 3 is 2.43 bits per heavy atom. The van der Waals surface area contributed by atoms with Crippen LogP contribution in [0.3, 0.4) is 0 Å². The summed E-state index contributed by atoms with van der Waals surface area (Å²) in [6, 6.07) is 16.6. The molecule has 248 valence electrons. The molecule has 3 amide bonds. The van der Waals surface area contributed by atoms with Crippen molar-refractivity contribution >= 4 is 52.0 Å².